The first-order chi connectivity index (χ1) is 16.5. The number of aliphatic hydroxyl groups excluding tert-OH is 4. The summed E-state index contributed by atoms with van der Waals surface area (Å²) in [6.07, 6.45) is -6.03. The molecule has 5 N–H and O–H groups in total. The zero-order valence-electron chi connectivity index (χ0n) is 18.9. The third kappa shape index (κ3) is 4.17. The molecule has 2 aliphatic rings. The van der Waals surface area contributed by atoms with Crippen molar-refractivity contribution in [2.45, 2.75) is 37.4 Å². The molecule has 7 heteroatoms. The van der Waals surface area contributed by atoms with Crippen LogP contribution in [0.5, 0.6) is 5.75 Å². The lowest BCUT2D eigenvalue weighted by atomic mass is 9.87. The van der Waals surface area contributed by atoms with Gasteiger partial charge in [0, 0.05) is 6.54 Å². The minimum Gasteiger partial charge on any atom is -0.490 e. The lowest BCUT2D eigenvalue weighted by Gasteiger charge is -2.40. The van der Waals surface area contributed by atoms with Crippen LogP contribution < -0.4 is 10.1 Å². The Balaban J connectivity index is 1.61. The molecule has 2 aliphatic heterocycles. The van der Waals surface area contributed by atoms with E-state index < -0.39 is 37.1 Å². The standard InChI is InChI=1S/C27H29NO6/c1-15-2-4-16(5-3-15)19-8-6-18(27-26(32)25(31)24(30)23(14-29)34-27)12-20(19)17-7-9-22-21(13-17)28-10-11-33-22/h2-9,12-13,23-32H,10-11,14H2,1H3/t23-,24-,25+,26-,27+/m1/s1. The van der Waals surface area contributed by atoms with Gasteiger partial charge >= 0.3 is 0 Å². The number of rotatable bonds is 4. The van der Waals surface area contributed by atoms with Gasteiger partial charge in [0.2, 0.25) is 0 Å². The number of hydrogen-bond donors (Lipinski definition) is 5. The van der Waals surface area contributed by atoms with Crippen molar-refractivity contribution in [3.8, 4) is 28.0 Å². The summed E-state index contributed by atoms with van der Waals surface area (Å²) in [6, 6.07) is 20.0. The second-order valence-corrected chi connectivity index (χ2v) is 8.91. The fourth-order valence-electron chi connectivity index (χ4n) is 4.65. The van der Waals surface area contributed by atoms with Crippen LogP contribution in [0.3, 0.4) is 0 Å². The lowest BCUT2D eigenvalue weighted by molar-refractivity contribution is -0.231. The van der Waals surface area contributed by atoms with Crippen molar-refractivity contribution in [2.24, 2.45) is 0 Å². The summed E-state index contributed by atoms with van der Waals surface area (Å²) in [7, 11) is 0. The maximum atomic E-state index is 10.7. The van der Waals surface area contributed by atoms with Gasteiger partial charge in [-0.25, -0.2) is 0 Å². The summed E-state index contributed by atoms with van der Waals surface area (Å²) in [5.41, 5.74) is 6.65. The number of aryl methyl sites for hydroxylation is 1. The van der Waals surface area contributed by atoms with Gasteiger partial charge in [-0.15, -0.1) is 0 Å². The van der Waals surface area contributed by atoms with Crippen LogP contribution in [0.4, 0.5) is 5.69 Å². The maximum absolute atomic E-state index is 10.7. The molecular formula is C27H29NO6. The van der Waals surface area contributed by atoms with E-state index in [4.69, 9.17) is 9.47 Å². The molecule has 0 saturated carbocycles. The Labute approximate surface area is 198 Å². The monoisotopic (exact) mass is 463 g/mol. The van der Waals surface area contributed by atoms with Gasteiger partial charge in [-0.1, -0.05) is 48.0 Å². The molecule has 5 atom stereocenters. The van der Waals surface area contributed by atoms with E-state index in [1.54, 1.807) is 0 Å². The molecule has 0 unspecified atom stereocenters. The van der Waals surface area contributed by atoms with Gasteiger partial charge in [0.05, 0.1) is 12.3 Å². The third-order valence-corrected chi connectivity index (χ3v) is 6.59. The summed E-state index contributed by atoms with van der Waals surface area (Å²) in [6.45, 7) is 2.92. The number of fused-ring (bicyclic) bond motifs is 1. The maximum Gasteiger partial charge on any atom is 0.142 e. The van der Waals surface area contributed by atoms with Gasteiger partial charge < -0.3 is 35.2 Å². The van der Waals surface area contributed by atoms with Gasteiger partial charge in [0.15, 0.2) is 0 Å². The molecule has 5 rings (SSSR count). The van der Waals surface area contributed by atoms with Crippen LogP contribution in [0.15, 0.2) is 60.7 Å². The SMILES string of the molecule is Cc1ccc(-c2ccc([C@@H]3O[C@H](CO)[C@@H](O)[C@H](O)[C@H]3O)cc2-c2ccc3c(c2)NCCO3)cc1. The van der Waals surface area contributed by atoms with E-state index >= 15 is 0 Å². The van der Waals surface area contributed by atoms with Crippen molar-refractivity contribution in [1.29, 1.82) is 0 Å². The summed E-state index contributed by atoms with van der Waals surface area (Å²) >= 11 is 0. The van der Waals surface area contributed by atoms with Crippen LogP contribution in [0.1, 0.15) is 17.2 Å². The molecule has 0 spiro atoms. The Bertz CT molecular complexity index is 1160. The average Bonchev–Trinajstić information content (AvgIpc) is 2.87. The molecule has 3 aromatic carbocycles. The molecule has 1 fully saturated rings. The summed E-state index contributed by atoms with van der Waals surface area (Å²) in [5, 5.41) is 44.1. The predicted octanol–water partition coefficient (Wildman–Crippen LogP) is 2.65. The van der Waals surface area contributed by atoms with E-state index in [-0.39, 0.29) is 0 Å². The normalized spacial score (nSPS) is 26.3. The minimum absolute atomic E-state index is 0.466. The van der Waals surface area contributed by atoms with E-state index in [2.05, 4.69) is 29.6 Å². The highest BCUT2D eigenvalue weighted by Gasteiger charge is 2.44. The van der Waals surface area contributed by atoms with E-state index in [1.807, 2.05) is 43.3 Å². The molecule has 34 heavy (non-hydrogen) atoms. The van der Waals surface area contributed by atoms with Crippen molar-refractivity contribution >= 4 is 5.69 Å². The van der Waals surface area contributed by atoms with E-state index in [0.29, 0.717) is 12.2 Å². The van der Waals surface area contributed by atoms with Gasteiger partial charge in [0.1, 0.15) is 42.9 Å². The zero-order chi connectivity index (χ0) is 23.8. The molecule has 0 amide bonds. The highest BCUT2D eigenvalue weighted by molar-refractivity contribution is 5.86. The second kappa shape index (κ2) is 9.37. The topological polar surface area (TPSA) is 111 Å². The fraction of sp³-hybridized carbons (Fsp3) is 0.333. The highest BCUT2D eigenvalue weighted by atomic mass is 16.5. The Morgan fingerprint density at radius 2 is 1.62 bits per heavy atom. The molecule has 0 aromatic heterocycles. The Morgan fingerprint density at radius 3 is 2.38 bits per heavy atom. The van der Waals surface area contributed by atoms with Crippen molar-refractivity contribution in [2.75, 3.05) is 25.1 Å². The number of ether oxygens (including phenoxy) is 2. The molecule has 178 valence electrons. The minimum atomic E-state index is -1.43. The fourth-order valence-corrected chi connectivity index (χ4v) is 4.65. The van der Waals surface area contributed by atoms with Crippen LogP contribution in [-0.2, 0) is 4.74 Å². The van der Waals surface area contributed by atoms with Crippen molar-refractivity contribution < 1.29 is 29.9 Å². The number of anilines is 1. The Kier molecular flexibility index (Phi) is 6.29. The number of hydrogen-bond acceptors (Lipinski definition) is 7. The van der Waals surface area contributed by atoms with E-state index in [1.165, 1.54) is 5.56 Å². The molecule has 0 aliphatic carbocycles. The summed E-state index contributed by atoms with van der Waals surface area (Å²) < 4.78 is 11.5. The van der Waals surface area contributed by atoms with Crippen molar-refractivity contribution in [1.82, 2.24) is 0 Å². The number of nitrogens with one attached hydrogen (secondary N) is 1. The van der Waals surface area contributed by atoms with Gasteiger partial charge in [0.25, 0.3) is 0 Å². The molecule has 7 nitrogen and oxygen atoms in total. The Morgan fingerprint density at radius 1 is 0.853 bits per heavy atom. The number of benzene rings is 3. The quantitative estimate of drug-likeness (QED) is 0.405. The molecule has 2 heterocycles. The van der Waals surface area contributed by atoms with Gasteiger partial charge in [-0.2, -0.15) is 0 Å². The second-order valence-electron chi connectivity index (χ2n) is 8.91. The van der Waals surface area contributed by atoms with Crippen molar-refractivity contribution in [3.05, 3.63) is 71.8 Å². The average molecular weight is 464 g/mol. The van der Waals surface area contributed by atoms with E-state index in [9.17, 15) is 20.4 Å². The Hall–Kier alpha value is -2.94. The summed E-state index contributed by atoms with van der Waals surface area (Å²) in [4.78, 5) is 0. The van der Waals surface area contributed by atoms with E-state index in [0.717, 1.165) is 40.2 Å². The third-order valence-electron chi connectivity index (χ3n) is 6.59. The molecule has 0 bridgehead atoms. The van der Waals surface area contributed by atoms with Crippen LogP contribution >= 0.6 is 0 Å². The molecular weight excluding hydrogens is 434 g/mol. The largest absolute Gasteiger partial charge is 0.490 e. The van der Waals surface area contributed by atoms with Crippen molar-refractivity contribution in [3.63, 3.8) is 0 Å². The predicted molar refractivity (Wildman–Crippen MR) is 129 cm³/mol. The lowest BCUT2D eigenvalue weighted by Crippen LogP contribution is -2.55. The van der Waals surface area contributed by atoms with Crippen LogP contribution in [0.25, 0.3) is 22.3 Å². The highest BCUT2D eigenvalue weighted by Crippen LogP contribution is 2.40. The zero-order valence-corrected chi connectivity index (χ0v) is 18.9. The first-order valence-electron chi connectivity index (χ1n) is 11.5. The number of aliphatic hydroxyl groups is 4. The molecule has 1 saturated heterocycles. The van der Waals surface area contributed by atoms with Gasteiger partial charge in [-0.3, -0.25) is 0 Å². The first-order valence-corrected chi connectivity index (χ1v) is 11.5. The smallest absolute Gasteiger partial charge is 0.142 e. The molecule has 0 radical (unpaired) electrons. The van der Waals surface area contributed by atoms with Crippen LogP contribution in [0, 0.1) is 6.92 Å². The first kappa shape index (κ1) is 22.8. The van der Waals surface area contributed by atoms with Crippen LogP contribution in [0.2, 0.25) is 0 Å². The summed E-state index contributed by atoms with van der Waals surface area (Å²) in [5.74, 6) is 0.803. The molecule has 3 aromatic rings. The van der Waals surface area contributed by atoms with Crippen LogP contribution in [-0.4, -0.2) is 64.6 Å². The van der Waals surface area contributed by atoms with Gasteiger partial charge in [-0.05, 0) is 52.9 Å².